The average Bonchev–Trinajstić information content (AvgIpc) is 3.04. The van der Waals surface area contributed by atoms with E-state index >= 15 is 0 Å². The van der Waals surface area contributed by atoms with E-state index in [1.165, 1.54) is 68.6 Å². The first kappa shape index (κ1) is 24.0. The van der Waals surface area contributed by atoms with Crippen molar-refractivity contribution in [3.8, 4) is 0 Å². The molecule has 1 unspecified atom stereocenters. The third-order valence-corrected chi connectivity index (χ3v) is 9.91. The Labute approximate surface area is 197 Å². The van der Waals surface area contributed by atoms with Crippen molar-refractivity contribution in [2.45, 2.75) is 22.3 Å². The monoisotopic (exact) mass is 504 g/mol. The normalized spacial score (nSPS) is 18.4. The molecule has 3 aromatic rings. The molecule has 1 aliphatic rings. The molecular formula is C23H21FN2O6S2. The lowest BCUT2D eigenvalue weighted by Gasteiger charge is -2.37. The van der Waals surface area contributed by atoms with Crippen LogP contribution in [0.4, 0.5) is 4.39 Å². The number of nitrogens with zero attached hydrogens (tertiary/aromatic N) is 2. The van der Waals surface area contributed by atoms with Crippen molar-refractivity contribution in [1.82, 2.24) is 8.77 Å². The summed E-state index contributed by atoms with van der Waals surface area (Å²) in [7, 11) is -8.08. The van der Waals surface area contributed by atoms with Crippen molar-refractivity contribution < 1.29 is 30.9 Å². The van der Waals surface area contributed by atoms with E-state index in [-0.39, 0.29) is 20.9 Å². The van der Waals surface area contributed by atoms with Gasteiger partial charge in [-0.25, -0.2) is 26.3 Å². The molecule has 34 heavy (non-hydrogen) atoms. The highest BCUT2D eigenvalue weighted by Gasteiger charge is 2.52. The fourth-order valence-electron chi connectivity index (χ4n) is 4.00. The summed E-state index contributed by atoms with van der Waals surface area (Å²) in [5.41, 5.74) is -1.47. The van der Waals surface area contributed by atoms with Gasteiger partial charge in [0.25, 0.3) is 26.0 Å². The molecule has 1 atom stereocenters. The maximum Gasteiger partial charge on any atom is 0.278 e. The lowest BCUT2D eigenvalue weighted by atomic mass is 9.92. The number of hydrogen-bond donors (Lipinski definition) is 0. The van der Waals surface area contributed by atoms with Gasteiger partial charge in [0.15, 0.2) is 0 Å². The number of benzene rings is 3. The highest BCUT2D eigenvalue weighted by molar-refractivity contribution is 8.04. The summed E-state index contributed by atoms with van der Waals surface area (Å²) in [6.45, 7) is 0.672. The first-order chi connectivity index (χ1) is 16.0. The zero-order valence-electron chi connectivity index (χ0n) is 18.3. The quantitative estimate of drug-likeness (QED) is 0.490. The predicted molar refractivity (Wildman–Crippen MR) is 121 cm³/mol. The van der Waals surface area contributed by atoms with E-state index < -0.39 is 43.9 Å². The number of halogens is 1. The molecule has 8 nitrogen and oxygen atoms in total. The lowest BCUT2D eigenvalue weighted by molar-refractivity contribution is -0.154. The molecular weight excluding hydrogens is 483 g/mol. The minimum absolute atomic E-state index is 0.0833. The van der Waals surface area contributed by atoms with Gasteiger partial charge >= 0.3 is 0 Å². The summed E-state index contributed by atoms with van der Waals surface area (Å²) >= 11 is 0. The SMILES string of the molecule is CON1C(=O)c2ccc(F)cc2C1(C)CN(S(=O)(=O)c1ccccc1)S(=O)(=O)c1ccccc1. The van der Waals surface area contributed by atoms with Gasteiger partial charge in [0.2, 0.25) is 0 Å². The van der Waals surface area contributed by atoms with E-state index in [9.17, 15) is 26.0 Å². The van der Waals surface area contributed by atoms with E-state index in [2.05, 4.69) is 0 Å². The van der Waals surface area contributed by atoms with Gasteiger partial charge in [-0.3, -0.25) is 9.63 Å². The topological polar surface area (TPSA) is 101 Å². The van der Waals surface area contributed by atoms with Gasteiger partial charge in [0.1, 0.15) is 11.4 Å². The molecule has 0 saturated carbocycles. The van der Waals surface area contributed by atoms with E-state index in [0.29, 0.717) is 3.71 Å². The summed E-state index contributed by atoms with van der Waals surface area (Å²) in [5.74, 6) is -1.31. The van der Waals surface area contributed by atoms with Gasteiger partial charge in [-0.1, -0.05) is 40.1 Å². The molecule has 0 spiro atoms. The van der Waals surface area contributed by atoms with Gasteiger partial charge in [0, 0.05) is 5.56 Å². The van der Waals surface area contributed by atoms with Gasteiger partial charge < -0.3 is 0 Å². The number of fused-ring (bicyclic) bond motifs is 1. The van der Waals surface area contributed by atoms with Crippen LogP contribution in [0.25, 0.3) is 0 Å². The Balaban J connectivity index is 1.94. The number of rotatable bonds is 7. The van der Waals surface area contributed by atoms with E-state index in [4.69, 9.17) is 4.84 Å². The summed E-state index contributed by atoms with van der Waals surface area (Å²) in [6.07, 6.45) is 0. The highest BCUT2D eigenvalue weighted by atomic mass is 32.3. The van der Waals surface area contributed by atoms with E-state index in [0.717, 1.165) is 17.2 Å². The number of carbonyl (C=O) groups excluding carboxylic acids is 1. The second-order valence-corrected chi connectivity index (χ2v) is 11.8. The smallest absolute Gasteiger partial charge is 0.273 e. The van der Waals surface area contributed by atoms with Crippen LogP contribution >= 0.6 is 0 Å². The van der Waals surface area contributed by atoms with Crippen LogP contribution in [0.2, 0.25) is 0 Å². The molecule has 1 amide bonds. The van der Waals surface area contributed by atoms with Crippen LogP contribution in [0.1, 0.15) is 22.8 Å². The Bertz CT molecular complexity index is 1380. The molecule has 0 bridgehead atoms. The molecule has 0 N–H and O–H groups in total. The van der Waals surface area contributed by atoms with Crippen molar-refractivity contribution in [2.75, 3.05) is 13.7 Å². The second-order valence-electron chi connectivity index (χ2n) is 7.81. The minimum Gasteiger partial charge on any atom is -0.273 e. The molecule has 0 radical (unpaired) electrons. The molecule has 0 saturated heterocycles. The summed E-state index contributed by atoms with van der Waals surface area (Å²) in [5, 5.41) is 0.866. The third-order valence-electron chi connectivity index (χ3n) is 5.66. The average molecular weight is 505 g/mol. The molecule has 4 rings (SSSR count). The van der Waals surface area contributed by atoms with Crippen LogP contribution in [-0.4, -0.2) is 45.2 Å². The predicted octanol–water partition coefficient (Wildman–Crippen LogP) is 3.14. The zero-order valence-corrected chi connectivity index (χ0v) is 19.9. The summed E-state index contributed by atoms with van der Waals surface area (Å²) < 4.78 is 69.2. The Hall–Kier alpha value is -3.12. The van der Waals surface area contributed by atoms with Crippen LogP contribution in [0.5, 0.6) is 0 Å². The molecule has 3 aromatic carbocycles. The van der Waals surface area contributed by atoms with Crippen LogP contribution in [0, 0.1) is 5.82 Å². The Morgan fingerprint density at radius 1 is 0.882 bits per heavy atom. The van der Waals surface area contributed by atoms with Crippen molar-refractivity contribution in [3.05, 3.63) is 95.8 Å². The van der Waals surface area contributed by atoms with E-state index in [1.807, 2.05) is 0 Å². The first-order valence-electron chi connectivity index (χ1n) is 10.1. The van der Waals surface area contributed by atoms with Crippen LogP contribution in [0.3, 0.4) is 0 Å². The van der Waals surface area contributed by atoms with Gasteiger partial charge in [0.05, 0.1) is 23.4 Å². The standard InChI is InChI=1S/C23H21FN2O6S2/c1-23(21-15-17(24)13-14-20(21)22(27)26(23)32-2)16-25(33(28,29)18-9-5-3-6-10-18)34(30,31)19-11-7-4-8-12-19/h3-15H,16H2,1-2H3. The molecule has 178 valence electrons. The molecule has 1 aliphatic heterocycles. The Morgan fingerprint density at radius 3 is 1.85 bits per heavy atom. The van der Waals surface area contributed by atoms with Crippen LogP contribution in [0.15, 0.2) is 88.7 Å². The van der Waals surface area contributed by atoms with Crippen molar-refractivity contribution in [3.63, 3.8) is 0 Å². The number of carbonyl (C=O) groups is 1. The lowest BCUT2D eigenvalue weighted by Crippen LogP contribution is -2.52. The summed E-state index contributed by atoms with van der Waals surface area (Å²) in [6, 6.07) is 17.6. The van der Waals surface area contributed by atoms with Gasteiger partial charge in [-0.05, 0) is 55.0 Å². The van der Waals surface area contributed by atoms with Crippen LogP contribution in [-0.2, 0) is 30.4 Å². The van der Waals surface area contributed by atoms with Crippen molar-refractivity contribution >= 4 is 26.0 Å². The van der Waals surface area contributed by atoms with E-state index in [1.54, 1.807) is 12.1 Å². The molecule has 0 aliphatic carbocycles. The van der Waals surface area contributed by atoms with Crippen molar-refractivity contribution in [2.24, 2.45) is 0 Å². The maximum atomic E-state index is 14.2. The Kier molecular flexibility index (Phi) is 6.06. The van der Waals surface area contributed by atoms with Crippen LogP contribution < -0.4 is 0 Å². The summed E-state index contributed by atoms with van der Waals surface area (Å²) in [4.78, 5) is 17.7. The third kappa shape index (κ3) is 3.80. The second kappa shape index (κ2) is 8.58. The molecule has 1 heterocycles. The number of sulfonamides is 2. The fourth-order valence-corrected chi connectivity index (χ4v) is 7.86. The maximum absolute atomic E-state index is 14.2. The fraction of sp³-hybridized carbons (Fsp3) is 0.174. The number of hydroxylamine groups is 2. The molecule has 0 aromatic heterocycles. The molecule has 0 fully saturated rings. The number of hydrogen-bond acceptors (Lipinski definition) is 6. The van der Waals surface area contributed by atoms with Crippen molar-refractivity contribution in [1.29, 1.82) is 0 Å². The zero-order chi connectivity index (χ0) is 24.7. The van der Waals surface area contributed by atoms with Gasteiger partial charge in [-0.2, -0.15) is 0 Å². The largest absolute Gasteiger partial charge is 0.278 e. The molecule has 11 heteroatoms. The highest BCUT2D eigenvalue weighted by Crippen LogP contribution is 2.42. The minimum atomic E-state index is -4.64. The Morgan fingerprint density at radius 2 is 1.38 bits per heavy atom. The number of amides is 1. The van der Waals surface area contributed by atoms with Gasteiger partial charge in [-0.15, -0.1) is 0 Å². The first-order valence-corrected chi connectivity index (χ1v) is 13.0.